The third-order valence-electron chi connectivity index (χ3n) is 4.97. The van der Waals surface area contributed by atoms with Crippen LogP contribution >= 0.6 is 0 Å². The molecule has 178 valence electrons. The average Bonchev–Trinajstić information content (AvgIpc) is 3.55. The molecule has 13 heteroatoms. The number of ether oxygens (including phenoxy) is 2. The van der Waals surface area contributed by atoms with Crippen molar-refractivity contribution in [2.75, 3.05) is 26.4 Å². The van der Waals surface area contributed by atoms with Gasteiger partial charge in [-0.2, -0.15) is 4.98 Å². The highest BCUT2D eigenvalue weighted by atomic mass is 16.7. The minimum absolute atomic E-state index is 0.0297. The lowest BCUT2D eigenvalue weighted by molar-refractivity contribution is -0.159. The van der Waals surface area contributed by atoms with Crippen LogP contribution in [0.1, 0.15) is 17.4 Å². The second-order valence-corrected chi connectivity index (χ2v) is 7.40. The number of aromatic nitrogens is 2. The SMILES string of the molecule is O=C(CN1CC(c2nc(-c3ccco3)no2)C1)NCc1ccc2c(c1)OCO2.O=C(O)C(=O)O. The number of likely N-dealkylation sites (tertiary alicyclic amines) is 1. The molecule has 2 aliphatic rings. The molecule has 2 aromatic heterocycles. The Labute approximate surface area is 191 Å². The van der Waals surface area contributed by atoms with E-state index in [4.69, 9.17) is 38.2 Å². The normalized spacial score (nSPS) is 14.6. The van der Waals surface area contributed by atoms with Gasteiger partial charge in [0.25, 0.3) is 0 Å². The van der Waals surface area contributed by atoms with Crippen molar-refractivity contribution in [3.63, 3.8) is 0 Å². The Hall–Kier alpha value is -4.39. The van der Waals surface area contributed by atoms with Gasteiger partial charge in [0, 0.05) is 19.6 Å². The zero-order chi connectivity index (χ0) is 24.1. The number of hydrogen-bond donors (Lipinski definition) is 3. The van der Waals surface area contributed by atoms with Gasteiger partial charge < -0.3 is 33.9 Å². The lowest BCUT2D eigenvalue weighted by atomic mass is 10.0. The molecular formula is C21H20N4O9. The van der Waals surface area contributed by atoms with Gasteiger partial charge in [0.05, 0.1) is 18.7 Å². The second-order valence-electron chi connectivity index (χ2n) is 7.40. The molecule has 2 aliphatic heterocycles. The smallest absolute Gasteiger partial charge is 0.414 e. The van der Waals surface area contributed by atoms with E-state index < -0.39 is 11.9 Å². The van der Waals surface area contributed by atoms with E-state index in [9.17, 15) is 4.79 Å². The maximum Gasteiger partial charge on any atom is 0.414 e. The number of hydrogen-bond acceptors (Lipinski definition) is 10. The van der Waals surface area contributed by atoms with E-state index in [0.29, 0.717) is 49.4 Å². The highest BCUT2D eigenvalue weighted by Crippen LogP contribution is 2.32. The maximum absolute atomic E-state index is 12.2. The number of nitrogens with zero attached hydrogens (tertiary/aromatic N) is 3. The largest absolute Gasteiger partial charge is 0.473 e. The zero-order valence-electron chi connectivity index (χ0n) is 17.7. The number of carbonyl (C=O) groups excluding carboxylic acids is 1. The number of nitrogens with one attached hydrogen (secondary N) is 1. The molecule has 5 rings (SSSR count). The summed E-state index contributed by atoms with van der Waals surface area (Å²) in [6.07, 6.45) is 1.57. The summed E-state index contributed by atoms with van der Waals surface area (Å²) in [7, 11) is 0. The molecule has 0 bridgehead atoms. The van der Waals surface area contributed by atoms with Crippen molar-refractivity contribution >= 4 is 17.8 Å². The minimum atomic E-state index is -1.82. The van der Waals surface area contributed by atoms with Crippen LogP contribution in [0, 0.1) is 0 Å². The van der Waals surface area contributed by atoms with E-state index >= 15 is 0 Å². The van der Waals surface area contributed by atoms with Gasteiger partial charge in [-0.15, -0.1) is 0 Å². The van der Waals surface area contributed by atoms with Crippen molar-refractivity contribution in [1.82, 2.24) is 20.4 Å². The summed E-state index contributed by atoms with van der Waals surface area (Å²) in [6.45, 7) is 2.43. The van der Waals surface area contributed by atoms with Crippen molar-refractivity contribution in [2.24, 2.45) is 0 Å². The van der Waals surface area contributed by atoms with Crippen LogP contribution in [0.25, 0.3) is 11.6 Å². The Kier molecular flexibility index (Phi) is 6.73. The summed E-state index contributed by atoms with van der Waals surface area (Å²) >= 11 is 0. The predicted octanol–water partition coefficient (Wildman–Crippen LogP) is 0.929. The molecule has 0 atom stereocenters. The van der Waals surface area contributed by atoms with E-state index in [1.54, 1.807) is 18.4 Å². The monoisotopic (exact) mass is 472 g/mol. The number of carbonyl (C=O) groups is 3. The number of benzene rings is 1. The molecule has 3 N–H and O–H groups in total. The van der Waals surface area contributed by atoms with Gasteiger partial charge in [-0.1, -0.05) is 11.2 Å². The number of aliphatic carboxylic acids is 2. The summed E-state index contributed by atoms with van der Waals surface area (Å²) in [5.74, 6) is -0.498. The quantitative estimate of drug-likeness (QED) is 0.433. The average molecular weight is 472 g/mol. The van der Waals surface area contributed by atoms with Crippen LogP contribution in [-0.4, -0.2) is 69.5 Å². The first-order valence-corrected chi connectivity index (χ1v) is 10.1. The van der Waals surface area contributed by atoms with Gasteiger partial charge in [-0.3, -0.25) is 9.69 Å². The fraction of sp³-hybridized carbons (Fsp3) is 0.286. The van der Waals surface area contributed by atoms with Crippen LogP contribution in [0.5, 0.6) is 11.5 Å². The molecule has 1 aromatic carbocycles. The Morgan fingerprint density at radius 3 is 2.56 bits per heavy atom. The molecular weight excluding hydrogens is 452 g/mol. The molecule has 1 amide bonds. The van der Waals surface area contributed by atoms with Gasteiger partial charge in [0.2, 0.25) is 24.4 Å². The molecule has 0 unspecified atom stereocenters. The Morgan fingerprint density at radius 2 is 1.85 bits per heavy atom. The van der Waals surface area contributed by atoms with Crippen molar-refractivity contribution < 1.29 is 43.0 Å². The molecule has 0 radical (unpaired) electrons. The predicted molar refractivity (Wildman–Crippen MR) is 111 cm³/mol. The van der Waals surface area contributed by atoms with Crippen LogP contribution in [0.3, 0.4) is 0 Å². The van der Waals surface area contributed by atoms with Crippen molar-refractivity contribution in [2.45, 2.75) is 12.5 Å². The summed E-state index contributed by atoms with van der Waals surface area (Å²) < 4.78 is 21.2. The molecule has 0 spiro atoms. The van der Waals surface area contributed by atoms with Crippen LogP contribution in [0.2, 0.25) is 0 Å². The van der Waals surface area contributed by atoms with Crippen LogP contribution in [-0.2, 0) is 20.9 Å². The van der Waals surface area contributed by atoms with Crippen LogP contribution in [0.4, 0.5) is 0 Å². The number of carboxylic acid groups (broad SMARTS) is 2. The highest BCUT2D eigenvalue weighted by molar-refractivity contribution is 6.27. The number of rotatable bonds is 6. The van der Waals surface area contributed by atoms with Crippen molar-refractivity contribution in [3.05, 3.63) is 48.0 Å². The number of furan rings is 1. The fourth-order valence-electron chi connectivity index (χ4n) is 3.27. The molecule has 13 nitrogen and oxygen atoms in total. The first kappa shape index (κ1) is 22.8. The van der Waals surface area contributed by atoms with Gasteiger partial charge in [0.1, 0.15) is 0 Å². The first-order valence-electron chi connectivity index (χ1n) is 10.1. The van der Waals surface area contributed by atoms with Gasteiger partial charge >= 0.3 is 11.9 Å². The van der Waals surface area contributed by atoms with E-state index in [1.807, 2.05) is 23.1 Å². The number of carboxylic acids is 2. The van der Waals surface area contributed by atoms with Gasteiger partial charge in [-0.25, -0.2) is 9.59 Å². The van der Waals surface area contributed by atoms with Gasteiger partial charge in [-0.05, 0) is 29.8 Å². The summed E-state index contributed by atoms with van der Waals surface area (Å²) in [5.41, 5.74) is 0.968. The first-order chi connectivity index (χ1) is 16.4. The summed E-state index contributed by atoms with van der Waals surface area (Å²) in [5, 5.41) is 21.6. The molecule has 3 aromatic rings. The lowest BCUT2D eigenvalue weighted by Crippen LogP contribution is -2.49. The fourth-order valence-corrected chi connectivity index (χ4v) is 3.27. The minimum Gasteiger partial charge on any atom is -0.473 e. The van der Waals surface area contributed by atoms with Crippen molar-refractivity contribution in [3.8, 4) is 23.1 Å². The lowest BCUT2D eigenvalue weighted by Gasteiger charge is -2.36. The van der Waals surface area contributed by atoms with E-state index in [0.717, 1.165) is 11.3 Å². The van der Waals surface area contributed by atoms with E-state index in [1.165, 1.54) is 0 Å². The second kappa shape index (κ2) is 10.0. The van der Waals surface area contributed by atoms with Crippen LogP contribution < -0.4 is 14.8 Å². The highest BCUT2D eigenvalue weighted by Gasteiger charge is 2.33. The molecule has 1 fully saturated rings. The van der Waals surface area contributed by atoms with E-state index in [2.05, 4.69) is 15.5 Å². The molecule has 34 heavy (non-hydrogen) atoms. The summed E-state index contributed by atoms with van der Waals surface area (Å²) in [6, 6.07) is 9.21. The molecule has 0 saturated carbocycles. The van der Waals surface area contributed by atoms with E-state index in [-0.39, 0.29) is 18.6 Å². The standard InChI is InChI=1S/C19H18N4O5.C2H2O4/c24-17(20-7-12-3-4-14-16(6-12)27-11-26-14)10-23-8-13(9-23)19-21-18(22-28-19)15-2-1-5-25-15;3-1(4)2(5)6/h1-6,13H,7-11H2,(H,20,24);(H,3,4)(H,5,6). The Balaban J connectivity index is 0.000000408. The molecule has 0 aliphatic carbocycles. The number of fused-ring (bicyclic) bond motifs is 1. The third-order valence-corrected chi connectivity index (χ3v) is 4.97. The summed E-state index contributed by atoms with van der Waals surface area (Å²) in [4.78, 5) is 36.8. The molecule has 1 saturated heterocycles. The zero-order valence-corrected chi connectivity index (χ0v) is 17.7. The molecule has 4 heterocycles. The maximum atomic E-state index is 12.2. The van der Waals surface area contributed by atoms with Crippen molar-refractivity contribution in [1.29, 1.82) is 0 Å². The Morgan fingerprint density at radius 1 is 1.09 bits per heavy atom. The van der Waals surface area contributed by atoms with Gasteiger partial charge in [0.15, 0.2) is 17.3 Å². The Bertz CT molecular complexity index is 1160. The topological polar surface area (TPSA) is 177 Å². The third kappa shape index (κ3) is 5.50. The number of amides is 1. The van der Waals surface area contributed by atoms with Crippen LogP contribution in [0.15, 0.2) is 45.5 Å².